The van der Waals surface area contributed by atoms with Crippen molar-refractivity contribution < 1.29 is 52.2 Å². The van der Waals surface area contributed by atoms with Gasteiger partial charge in [-0.3, -0.25) is 9.97 Å². The average Bonchev–Trinajstić information content (AvgIpc) is 3.96. The molecule has 4 aromatic carbocycles. The Bertz CT molecular complexity index is 3340. The van der Waals surface area contributed by atoms with Crippen molar-refractivity contribution >= 4 is 43.6 Å². The number of aromatic amines is 2. The maximum absolute atomic E-state index is 15.0. The number of phenols is 1. The van der Waals surface area contributed by atoms with E-state index in [1.807, 2.05) is 13.8 Å². The van der Waals surface area contributed by atoms with Gasteiger partial charge in [-0.2, -0.15) is 20.4 Å². The molecule has 0 atom stereocenters. The molecule has 69 heavy (non-hydrogen) atoms. The number of phenolic OH excluding ortho intramolecular Hbond substituents is 1. The van der Waals surface area contributed by atoms with Gasteiger partial charge in [-0.05, 0) is 86.6 Å². The summed E-state index contributed by atoms with van der Waals surface area (Å²) in [7, 11) is 2.98. The van der Waals surface area contributed by atoms with Gasteiger partial charge in [0.25, 0.3) is 0 Å². The number of rotatable bonds is 14. The van der Waals surface area contributed by atoms with Crippen LogP contribution in [0, 0.1) is 25.5 Å². The highest BCUT2D eigenvalue weighted by Gasteiger charge is 2.18. The Hall–Kier alpha value is -8.84. The smallest absolute Gasteiger partial charge is 0.175 e. The number of halogens is 2. The summed E-state index contributed by atoms with van der Waals surface area (Å²) >= 11 is 0. The molecule has 0 radical (unpaired) electrons. The number of nitrogens with zero attached hydrogens (tertiary/aromatic N) is 6. The molecule has 0 spiro atoms. The van der Waals surface area contributed by atoms with Gasteiger partial charge in [-0.15, -0.1) is 0 Å². The molecule has 10 aromatic rings. The van der Waals surface area contributed by atoms with Crippen LogP contribution in [-0.2, 0) is 0 Å². The van der Waals surface area contributed by atoms with E-state index < -0.39 is 11.6 Å². The van der Waals surface area contributed by atoms with Crippen molar-refractivity contribution in [2.45, 2.75) is 13.8 Å². The molecule has 4 N–H and O–H groups in total. The molecule has 352 valence electrons. The van der Waals surface area contributed by atoms with Crippen LogP contribution >= 0.6 is 0 Å². The van der Waals surface area contributed by atoms with E-state index in [2.05, 4.69) is 40.3 Å². The van der Waals surface area contributed by atoms with Crippen LogP contribution in [0.4, 0.5) is 8.78 Å². The SMILES string of the molecule is COc1cc2c(Oc3ccc4[nH]c(C)cc4c3F)cnnc2cc1O.COc1cc2c(Oc3ccc4[nH]c(C)cc4c3F)cnnc2cc1OCCOc1ccncc1.OCCOc1ccncc1. The quantitative estimate of drug-likeness (QED) is 0.0747. The molecule has 0 bridgehead atoms. The summed E-state index contributed by atoms with van der Waals surface area (Å²) in [6.45, 7) is 4.73. The van der Waals surface area contributed by atoms with Gasteiger partial charge in [0, 0.05) is 70.1 Å². The molecule has 10 rings (SSSR count). The van der Waals surface area contributed by atoms with E-state index in [1.54, 1.807) is 111 Å². The molecule has 0 amide bonds. The van der Waals surface area contributed by atoms with E-state index >= 15 is 4.39 Å². The highest BCUT2D eigenvalue weighted by molar-refractivity contribution is 5.89. The van der Waals surface area contributed by atoms with Gasteiger partial charge in [-0.1, -0.05) is 0 Å². The maximum Gasteiger partial charge on any atom is 0.175 e. The Morgan fingerprint density at radius 1 is 0.507 bits per heavy atom. The standard InChI is InChI=1S/C25H21FN4O4.C18H14FN3O3.C7H9NO2/c1-15-11-18-19(29-15)3-4-21(25(18)26)34-24-14-28-30-20-13-23(22(31-2)12-17(20)24)33-10-9-32-16-5-7-27-8-6-16;1-9-5-11-12(21-9)3-4-15(18(11)19)25-17-8-20-22-13-7-14(23)16(24-2)6-10(13)17;9-5-6-10-7-1-3-8-4-2-7/h3-8,11-14,29H,9-10H2,1-2H3;3-8,21,23H,1-2H3;1-4,9H,5-6H2. The van der Waals surface area contributed by atoms with Crippen molar-refractivity contribution in [2.75, 3.05) is 40.6 Å². The maximum atomic E-state index is 15.0. The van der Waals surface area contributed by atoms with Crippen LogP contribution < -0.4 is 33.2 Å². The molecular weight excluding hydrogens is 895 g/mol. The number of methoxy groups -OCH3 is 2. The molecule has 0 aliphatic rings. The number of hydrogen-bond donors (Lipinski definition) is 4. The summed E-state index contributed by atoms with van der Waals surface area (Å²) in [4.78, 5) is 14.0. The molecule has 0 aliphatic heterocycles. The first kappa shape index (κ1) is 46.7. The third-order valence-electron chi connectivity index (χ3n) is 10.2. The Kier molecular flexibility index (Phi) is 14.6. The Labute approximate surface area is 392 Å². The Balaban J connectivity index is 0.000000160. The van der Waals surface area contributed by atoms with E-state index in [4.69, 9.17) is 38.3 Å². The number of aromatic nitrogens is 8. The van der Waals surface area contributed by atoms with Crippen molar-refractivity contribution in [3.8, 4) is 57.5 Å². The minimum atomic E-state index is -0.461. The molecule has 0 saturated heterocycles. The number of hydrogen-bond acceptors (Lipinski definition) is 15. The number of benzene rings is 4. The normalized spacial score (nSPS) is 10.8. The first-order valence-corrected chi connectivity index (χ1v) is 21.2. The zero-order chi connectivity index (χ0) is 48.3. The number of aromatic hydroxyl groups is 1. The molecular formula is C50H44F2N8O9. The van der Waals surface area contributed by atoms with Gasteiger partial charge in [0.2, 0.25) is 0 Å². The fourth-order valence-electron chi connectivity index (χ4n) is 7.01. The van der Waals surface area contributed by atoms with Crippen molar-refractivity contribution in [3.63, 3.8) is 0 Å². The van der Waals surface area contributed by atoms with E-state index in [-0.39, 0.29) is 36.2 Å². The summed E-state index contributed by atoms with van der Waals surface area (Å²) < 4.78 is 68.6. The minimum Gasteiger partial charge on any atom is -0.504 e. The van der Waals surface area contributed by atoms with Crippen LogP contribution in [0.1, 0.15) is 11.4 Å². The fraction of sp³-hybridized carbons (Fsp3) is 0.160. The summed E-state index contributed by atoms with van der Waals surface area (Å²) in [6.07, 6.45) is 9.44. The Morgan fingerprint density at radius 2 is 0.986 bits per heavy atom. The third kappa shape index (κ3) is 11.1. The van der Waals surface area contributed by atoms with Crippen molar-refractivity contribution in [2.24, 2.45) is 0 Å². The number of aliphatic hydroxyl groups excluding tert-OH is 1. The predicted octanol–water partition coefficient (Wildman–Crippen LogP) is 9.73. The van der Waals surface area contributed by atoms with Crippen LogP contribution in [-0.4, -0.2) is 91.2 Å². The first-order valence-electron chi connectivity index (χ1n) is 21.2. The fourth-order valence-corrected chi connectivity index (χ4v) is 7.01. The van der Waals surface area contributed by atoms with E-state index in [1.165, 1.54) is 25.6 Å². The van der Waals surface area contributed by atoms with Crippen LogP contribution in [0.5, 0.6) is 57.5 Å². The van der Waals surface area contributed by atoms with Crippen LogP contribution in [0.3, 0.4) is 0 Å². The monoisotopic (exact) mass is 938 g/mol. The highest BCUT2D eigenvalue weighted by Crippen LogP contribution is 2.39. The minimum absolute atomic E-state index is 0.0440. The van der Waals surface area contributed by atoms with Crippen molar-refractivity contribution in [3.05, 3.63) is 145 Å². The van der Waals surface area contributed by atoms with Gasteiger partial charge in [0.1, 0.15) is 42.4 Å². The lowest BCUT2D eigenvalue weighted by molar-refractivity contribution is 0.201. The van der Waals surface area contributed by atoms with Crippen LogP contribution in [0.2, 0.25) is 0 Å². The molecule has 0 fully saturated rings. The number of fused-ring (bicyclic) bond motifs is 4. The molecule has 6 aromatic heterocycles. The van der Waals surface area contributed by atoms with E-state index in [0.717, 1.165) is 17.1 Å². The predicted molar refractivity (Wildman–Crippen MR) is 252 cm³/mol. The lowest BCUT2D eigenvalue weighted by atomic mass is 10.2. The second kappa shape index (κ2) is 21.6. The van der Waals surface area contributed by atoms with Crippen LogP contribution in [0.25, 0.3) is 43.6 Å². The average molecular weight is 939 g/mol. The topological polar surface area (TPSA) is 214 Å². The highest BCUT2D eigenvalue weighted by atomic mass is 19.1. The second-order valence-corrected chi connectivity index (χ2v) is 14.9. The number of aryl methyl sites for hydroxylation is 2. The number of ether oxygens (including phenoxy) is 7. The molecule has 0 unspecified atom stereocenters. The van der Waals surface area contributed by atoms with Crippen molar-refractivity contribution in [1.29, 1.82) is 0 Å². The number of pyridine rings is 2. The molecule has 17 nitrogen and oxygen atoms in total. The zero-order valence-corrected chi connectivity index (χ0v) is 37.6. The van der Waals surface area contributed by atoms with E-state index in [9.17, 15) is 9.50 Å². The zero-order valence-electron chi connectivity index (χ0n) is 37.6. The summed E-state index contributed by atoms with van der Waals surface area (Å²) in [6, 6.07) is 23.6. The van der Waals surface area contributed by atoms with Gasteiger partial charge >= 0.3 is 0 Å². The first-order chi connectivity index (χ1) is 33.6. The molecule has 6 heterocycles. The number of H-pyrrole nitrogens is 2. The summed E-state index contributed by atoms with van der Waals surface area (Å²) in [5, 5.41) is 36.3. The van der Waals surface area contributed by atoms with Gasteiger partial charge in [0.15, 0.2) is 57.6 Å². The van der Waals surface area contributed by atoms with Gasteiger partial charge in [0.05, 0.1) is 44.0 Å². The second-order valence-electron chi connectivity index (χ2n) is 14.9. The third-order valence-corrected chi connectivity index (χ3v) is 10.2. The van der Waals surface area contributed by atoms with E-state index in [0.29, 0.717) is 85.6 Å². The number of nitrogens with one attached hydrogen (secondary N) is 2. The van der Waals surface area contributed by atoms with Crippen LogP contribution in [0.15, 0.2) is 122 Å². The molecule has 19 heteroatoms. The summed E-state index contributed by atoms with van der Waals surface area (Å²) in [5.74, 6) is 2.53. The van der Waals surface area contributed by atoms with Gasteiger partial charge in [-0.25, -0.2) is 8.78 Å². The van der Waals surface area contributed by atoms with Crippen molar-refractivity contribution in [1.82, 2.24) is 40.3 Å². The molecule has 0 aliphatic carbocycles. The summed E-state index contributed by atoms with van der Waals surface area (Å²) in [5.41, 5.74) is 4.06. The van der Waals surface area contributed by atoms with Gasteiger partial charge < -0.3 is 53.3 Å². The largest absolute Gasteiger partial charge is 0.504 e. The lowest BCUT2D eigenvalue weighted by Crippen LogP contribution is -2.09. The lowest BCUT2D eigenvalue weighted by Gasteiger charge is -2.14. The number of aliphatic hydroxyl groups is 1. The molecule has 0 saturated carbocycles. The Morgan fingerprint density at radius 3 is 1.49 bits per heavy atom.